The molecule has 0 N–H and O–H groups in total. The summed E-state index contributed by atoms with van der Waals surface area (Å²) in [5.41, 5.74) is 3.92. The number of benzene rings is 1. The molecule has 20 heavy (non-hydrogen) atoms. The molecule has 0 radical (unpaired) electrons. The lowest BCUT2D eigenvalue weighted by Crippen LogP contribution is -2.33. The molecule has 0 saturated heterocycles. The third-order valence-corrected chi connectivity index (χ3v) is 3.88. The Hall–Kier alpha value is -1.82. The zero-order chi connectivity index (χ0) is 14.4. The standard InChI is InChI=1S/C17H22N2O/c1-2-10-19(11-9-18)17(20)13-14-7-8-15-5-3-4-6-16(15)12-14/h7-8,12H,2-6,10-11,13H2,1H3. The van der Waals surface area contributed by atoms with E-state index in [2.05, 4.69) is 24.3 Å². The van der Waals surface area contributed by atoms with Gasteiger partial charge in [0.1, 0.15) is 6.54 Å². The minimum atomic E-state index is 0.0594. The fourth-order valence-electron chi connectivity index (χ4n) is 2.83. The Balaban J connectivity index is 2.05. The first-order chi connectivity index (χ1) is 9.74. The molecular weight excluding hydrogens is 248 g/mol. The van der Waals surface area contributed by atoms with Crippen molar-refractivity contribution in [3.8, 4) is 6.07 Å². The van der Waals surface area contributed by atoms with Crippen LogP contribution in [0, 0.1) is 11.3 Å². The Kier molecular flexibility index (Phi) is 5.17. The Labute approximate surface area is 121 Å². The number of hydrogen-bond acceptors (Lipinski definition) is 2. The molecule has 0 fully saturated rings. The van der Waals surface area contributed by atoms with Crippen LogP contribution >= 0.6 is 0 Å². The van der Waals surface area contributed by atoms with Gasteiger partial charge in [0.15, 0.2) is 0 Å². The average molecular weight is 270 g/mol. The zero-order valence-electron chi connectivity index (χ0n) is 12.2. The van der Waals surface area contributed by atoms with E-state index >= 15 is 0 Å². The molecule has 1 aromatic carbocycles. The fourth-order valence-corrected chi connectivity index (χ4v) is 2.83. The van der Waals surface area contributed by atoms with Crippen molar-refractivity contribution in [2.75, 3.05) is 13.1 Å². The molecular formula is C17H22N2O. The second-order valence-corrected chi connectivity index (χ2v) is 5.46. The van der Waals surface area contributed by atoms with Gasteiger partial charge in [0.05, 0.1) is 12.5 Å². The van der Waals surface area contributed by atoms with E-state index in [1.54, 1.807) is 4.90 Å². The SMILES string of the molecule is CCCN(CC#N)C(=O)Cc1ccc2c(c1)CCCC2. The van der Waals surface area contributed by atoms with E-state index in [-0.39, 0.29) is 12.5 Å². The molecule has 0 aliphatic heterocycles. The summed E-state index contributed by atoms with van der Waals surface area (Å²) in [4.78, 5) is 13.9. The molecule has 1 aliphatic carbocycles. The van der Waals surface area contributed by atoms with Crippen molar-refractivity contribution in [3.05, 3.63) is 34.9 Å². The van der Waals surface area contributed by atoms with Crippen LogP contribution in [-0.4, -0.2) is 23.9 Å². The van der Waals surface area contributed by atoms with E-state index in [0.29, 0.717) is 13.0 Å². The van der Waals surface area contributed by atoms with Crippen molar-refractivity contribution < 1.29 is 4.79 Å². The molecule has 0 bridgehead atoms. The van der Waals surface area contributed by atoms with E-state index < -0.39 is 0 Å². The van der Waals surface area contributed by atoms with Crippen LogP contribution in [0.2, 0.25) is 0 Å². The van der Waals surface area contributed by atoms with Crippen LogP contribution in [0.5, 0.6) is 0 Å². The van der Waals surface area contributed by atoms with Gasteiger partial charge in [-0.15, -0.1) is 0 Å². The van der Waals surface area contributed by atoms with E-state index in [4.69, 9.17) is 5.26 Å². The van der Waals surface area contributed by atoms with Crippen molar-refractivity contribution in [2.45, 2.75) is 45.4 Å². The minimum Gasteiger partial charge on any atom is -0.329 e. The lowest BCUT2D eigenvalue weighted by molar-refractivity contribution is -0.129. The molecule has 0 saturated carbocycles. The Morgan fingerprint density at radius 3 is 2.75 bits per heavy atom. The topological polar surface area (TPSA) is 44.1 Å². The lowest BCUT2D eigenvalue weighted by atomic mass is 9.90. The Morgan fingerprint density at radius 1 is 1.30 bits per heavy atom. The molecule has 0 aromatic heterocycles. The van der Waals surface area contributed by atoms with Gasteiger partial charge in [0.2, 0.25) is 5.91 Å². The molecule has 2 rings (SSSR count). The fraction of sp³-hybridized carbons (Fsp3) is 0.529. The van der Waals surface area contributed by atoms with Gasteiger partial charge in [-0.3, -0.25) is 4.79 Å². The highest BCUT2D eigenvalue weighted by Gasteiger charge is 2.15. The Bertz CT molecular complexity index is 516. The number of aryl methyl sites for hydroxylation is 2. The maximum absolute atomic E-state index is 12.2. The Morgan fingerprint density at radius 2 is 2.05 bits per heavy atom. The van der Waals surface area contributed by atoms with E-state index in [9.17, 15) is 4.79 Å². The number of hydrogen-bond donors (Lipinski definition) is 0. The highest BCUT2D eigenvalue weighted by Crippen LogP contribution is 2.22. The van der Waals surface area contributed by atoms with Crippen LogP contribution in [0.15, 0.2) is 18.2 Å². The number of fused-ring (bicyclic) bond motifs is 1. The first kappa shape index (κ1) is 14.6. The summed E-state index contributed by atoms with van der Waals surface area (Å²) in [5, 5.41) is 8.79. The predicted molar refractivity (Wildman–Crippen MR) is 79.3 cm³/mol. The van der Waals surface area contributed by atoms with Gasteiger partial charge >= 0.3 is 0 Å². The van der Waals surface area contributed by atoms with E-state index in [1.807, 2.05) is 6.92 Å². The number of nitriles is 1. The number of carbonyl (C=O) groups is 1. The molecule has 0 unspecified atom stereocenters. The molecule has 0 heterocycles. The van der Waals surface area contributed by atoms with Gasteiger partial charge in [0, 0.05) is 6.54 Å². The van der Waals surface area contributed by atoms with Crippen molar-refractivity contribution in [1.29, 1.82) is 5.26 Å². The lowest BCUT2D eigenvalue weighted by Gasteiger charge is -2.20. The third kappa shape index (κ3) is 3.60. The molecule has 106 valence electrons. The minimum absolute atomic E-state index is 0.0594. The van der Waals surface area contributed by atoms with Crippen molar-refractivity contribution >= 4 is 5.91 Å². The molecule has 1 aromatic rings. The number of amides is 1. The molecule has 3 nitrogen and oxygen atoms in total. The number of carbonyl (C=O) groups excluding carboxylic acids is 1. The normalized spacial score (nSPS) is 13.4. The molecule has 1 aliphatic rings. The van der Waals surface area contributed by atoms with Crippen molar-refractivity contribution in [2.24, 2.45) is 0 Å². The van der Waals surface area contributed by atoms with Gasteiger partial charge in [-0.25, -0.2) is 0 Å². The van der Waals surface area contributed by atoms with E-state index in [0.717, 1.165) is 18.4 Å². The van der Waals surface area contributed by atoms with E-state index in [1.165, 1.54) is 30.4 Å². The zero-order valence-corrected chi connectivity index (χ0v) is 12.2. The quantitative estimate of drug-likeness (QED) is 0.772. The second-order valence-electron chi connectivity index (χ2n) is 5.46. The summed E-state index contributed by atoms with van der Waals surface area (Å²) < 4.78 is 0. The first-order valence-electron chi connectivity index (χ1n) is 7.50. The van der Waals surface area contributed by atoms with Crippen LogP contribution in [0.3, 0.4) is 0 Å². The summed E-state index contributed by atoms with van der Waals surface area (Å²) in [6.45, 7) is 2.88. The average Bonchev–Trinajstić information content (AvgIpc) is 2.47. The predicted octanol–water partition coefficient (Wildman–Crippen LogP) is 2.87. The molecule has 0 atom stereocenters. The summed E-state index contributed by atoms with van der Waals surface area (Å²) in [7, 11) is 0. The van der Waals surface area contributed by atoms with Gasteiger partial charge in [0.25, 0.3) is 0 Å². The van der Waals surface area contributed by atoms with Crippen molar-refractivity contribution in [1.82, 2.24) is 4.90 Å². The van der Waals surface area contributed by atoms with Gasteiger partial charge in [-0.2, -0.15) is 5.26 Å². The molecule has 3 heteroatoms. The monoisotopic (exact) mass is 270 g/mol. The van der Waals surface area contributed by atoms with Crippen LogP contribution in [-0.2, 0) is 24.1 Å². The first-order valence-corrected chi connectivity index (χ1v) is 7.50. The molecule has 1 amide bonds. The third-order valence-electron chi connectivity index (χ3n) is 3.88. The summed E-state index contributed by atoms with van der Waals surface area (Å²) in [5.74, 6) is 0.0594. The number of nitrogens with zero attached hydrogens (tertiary/aromatic N) is 2. The maximum Gasteiger partial charge on any atom is 0.227 e. The summed E-state index contributed by atoms with van der Waals surface area (Å²) in [6.07, 6.45) is 6.12. The second kappa shape index (κ2) is 7.09. The highest BCUT2D eigenvalue weighted by atomic mass is 16.2. The smallest absolute Gasteiger partial charge is 0.227 e. The van der Waals surface area contributed by atoms with Gasteiger partial charge in [-0.1, -0.05) is 25.1 Å². The molecule has 0 spiro atoms. The van der Waals surface area contributed by atoms with Crippen LogP contribution in [0.4, 0.5) is 0 Å². The largest absolute Gasteiger partial charge is 0.329 e. The van der Waals surface area contributed by atoms with Crippen LogP contribution < -0.4 is 0 Å². The van der Waals surface area contributed by atoms with Crippen LogP contribution in [0.1, 0.15) is 42.9 Å². The van der Waals surface area contributed by atoms with Crippen molar-refractivity contribution in [3.63, 3.8) is 0 Å². The highest BCUT2D eigenvalue weighted by molar-refractivity contribution is 5.79. The van der Waals surface area contributed by atoms with Gasteiger partial charge in [-0.05, 0) is 48.8 Å². The number of rotatable bonds is 5. The van der Waals surface area contributed by atoms with Crippen LogP contribution in [0.25, 0.3) is 0 Å². The summed E-state index contributed by atoms with van der Waals surface area (Å²) >= 11 is 0. The maximum atomic E-state index is 12.2. The van der Waals surface area contributed by atoms with Gasteiger partial charge < -0.3 is 4.90 Å². The summed E-state index contributed by atoms with van der Waals surface area (Å²) in [6, 6.07) is 8.50.